The zero-order chi connectivity index (χ0) is 14.8. The molecule has 1 aromatic rings. The number of aliphatic imine (C=N–C) groups is 1. The maximum Gasteiger partial charge on any atom is 0.231 e. The van der Waals surface area contributed by atoms with Gasteiger partial charge in [-0.05, 0) is 17.7 Å². The van der Waals surface area contributed by atoms with E-state index in [-0.39, 0.29) is 12.8 Å². The van der Waals surface area contributed by atoms with E-state index in [1.165, 1.54) is 0 Å². The fraction of sp³-hybridized carbons (Fsp3) is 0.500. The molecular weight excluding hydrogens is 274 g/mol. The first-order chi connectivity index (χ1) is 10.2. The van der Waals surface area contributed by atoms with E-state index < -0.39 is 0 Å². The predicted octanol–water partition coefficient (Wildman–Crippen LogP) is 0.742. The lowest BCUT2D eigenvalue weighted by molar-refractivity contribution is 0.166. The van der Waals surface area contributed by atoms with Gasteiger partial charge in [-0.25, -0.2) is 0 Å². The molecule has 0 fully saturated rings. The van der Waals surface area contributed by atoms with Gasteiger partial charge in [0.1, 0.15) is 0 Å². The third-order valence-corrected chi connectivity index (χ3v) is 3.70. The number of guanidine groups is 1. The molecule has 2 aliphatic rings. The Labute approximate surface area is 123 Å². The summed E-state index contributed by atoms with van der Waals surface area (Å²) in [5.41, 5.74) is 7.00. The van der Waals surface area contributed by atoms with Crippen LogP contribution in [0.5, 0.6) is 17.2 Å². The fourth-order valence-electron chi connectivity index (χ4n) is 2.62. The summed E-state index contributed by atoms with van der Waals surface area (Å²) in [4.78, 5) is 6.36. The zero-order valence-electron chi connectivity index (χ0n) is 12.2. The van der Waals surface area contributed by atoms with Crippen molar-refractivity contribution < 1.29 is 18.9 Å². The second-order valence-electron chi connectivity index (χ2n) is 4.86. The minimum atomic E-state index is 0.0588. The number of methoxy groups -OCH3 is 2. The third kappa shape index (κ3) is 2.44. The maximum absolute atomic E-state index is 5.96. The fourth-order valence-corrected chi connectivity index (χ4v) is 2.62. The van der Waals surface area contributed by atoms with E-state index in [0.717, 1.165) is 5.56 Å². The lowest BCUT2D eigenvalue weighted by Gasteiger charge is -2.26. The van der Waals surface area contributed by atoms with Gasteiger partial charge in [-0.1, -0.05) is 0 Å². The minimum absolute atomic E-state index is 0.0588. The number of ether oxygens (including phenoxy) is 4. The highest BCUT2D eigenvalue weighted by Gasteiger charge is 2.30. The molecule has 0 bridgehead atoms. The molecule has 21 heavy (non-hydrogen) atoms. The number of nitrogens with zero attached hydrogens (tertiary/aromatic N) is 2. The van der Waals surface area contributed by atoms with Crippen molar-refractivity contribution in [3.63, 3.8) is 0 Å². The van der Waals surface area contributed by atoms with Crippen LogP contribution in [0.4, 0.5) is 0 Å². The van der Waals surface area contributed by atoms with Gasteiger partial charge in [-0.3, -0.25) is 4.99 Å². The SMILES string of the molecule is COCCN1C(N)=NCC1c1cc(OC)c2c(c1)OCO2. The minimum Gasteiger partial charge on any atom is -0.493 e. The summed E-state index contributed by atoms with van der Waals surface area (Å²) in [5.74, 6) is 2.55. The number of benzene rings is 1. The first kappa shape index (κ1) is 13.8. The van der Waals surface area contributed by atoms with Crippen molar-refractivity contribution in [3.05, 3.63) is 17.7 Å². The summed E-state index contributed by atoms with van der Waals surface area (Å²) < 4.78 is 21.4. The van der Waals surface area contributed by atoms with E-state index in [9.17, 15) is 0 Å². The molecule has 0 saturated carbocycles. The van der Waals surface area contributed by atoms with Crippen molar-refractivity contribution >= 4 is 5.96 Å². The summed E-state index contributed by atoms with van der Waals surface area (Å²) in [5, 5.41) is 0. The Hall–Kier alpha value is -2.15. The third-order valence-electron chi connectivity index (χ3n) is 3.70. The molecule has 7 nitrogen and oxygen atoms in total. The summed E-state index contributed by atoms with van der Waals surface area (Å²) in [6.07, 6.45) is 0. The highest BCUT2D eigenvalue weighted by atomic mass is 16.7. The first-order valence-electron chi connectivity index (χ1n) is 6.77. The van der Waals surface area contributed by atoms with Crippen molar-refractivity contribution in [1.29, 1.82) is 0 Å². The predicted molar refractivity (Wildman–Crippen MR) is 76.9 cm³/mol. The smallest absolute Gasteiger partial charge is 0.231 e. The van der Waals surface area contributed by atoms with Crippen LogP contribution in [0.25, 0.3) is 0 Å². The Morgan fingerprint density at radius 3 is 3.00 bits per heavy atom. The van der Waals surface area contributed by atoms with Crippen LogP contribution >= 0.6 is 0 Å². The van der Waals surface area contributed by atoms with Crippen LogP contribution in [-0.2, 0) is 4.74 Å². The highest BCUT2D eigenvalue weighted by Crippen LogP contribution is 2.44. The zero-order valence-corrected chi connectivity index (χ0v) is 12.2. The summed E-state index contributed by atoms with van der Waals surface area (Å²) in [7, 11) is 3.28. The molecule has 1 aromatic carbocycles. The summed E-state index contributed by atoms with van der Waals surface area (Å²) >= 11 is 0. The van der Waals surface area contributed by atoms with Crippen LogP contribution in [0.2, 0.25) is 0 Å². The van der Waals surface area contributed by atoms with E-state index in [0.29, 0.717) is 42.9 Å². The molecule has 0 aliphatic carbocycles. The molecule has 0 aromatic heterocycles. The van der Waals surface area contributed by atoms with Gasteiger partial charge in [0.05, 0.1) is 26.3 Å². The Kier molecular flexibility index (Phi) is 3.74. The quantitative estimate of drug-likeness (QED) is 0.863. The molecule has 0 amide bonds. The van der Waals surface area contributed by atoms with E-state index >= 15 is 0 Å². The molecule has 0 radical (unpaired) electrons. The number of hydrogen-bond acceptors (Lipinski definition) is 7. The standard InChI is InChI=1S/C14H19N3O4/c1-18-4-3-17-10(7-16-14(17)15)9-5-11(19-2)13-12(6-9)20-8-21-13/h5-6,10H,3-4,7-8H2,1-2H3,(H2,15,16). The van der Waals surface area contributed by atoms with E-state index in [2.05, 4.69) is 4.99 Å². The molecule has 0 spiro atoms. The monoisotopic (exact) mass is 293 g/mol. The number of nitrogens with two attached hydrogens (primary N) is 1. The summed E-state index contributed by atoms with van der Waals surface area (Å²) in [6.45, 7) is 2.10. The molecule has 2 heterocycles. The lowest BCUT2D eigenvalue weighted by Crippen LogP contribution is -2.38. The highest BCUT2D eigenvalue weighted by molar-refractivity contribution is 5.80. The number of hydrogen-bond donors (Lipinski definition) is 1. The average Bonchev–Trinajstić information content (AvgIpc) is 3.10. The van der Waals surface area contributed by atoms with Gasteiger partial charge in [-0.2, -0.15) is 0 Å². The Bertz CT molecular complexity index is 561. The molecule has 2 N–H and O–H groups in total. The van der Waals surface area contributed by atoms with Crippen molar-refractivity contribution in [3.8, 4) is 17.2 Å². The molecule has 114 valence electrons. The van der Waals surface area contributed by atoms with Crippen molar-refractivity contribution in [2.24, 2.45) is 10.7 Å². The Balaban J connectivity index is 1.89. The molecular formula is C14H19N3O4. The van der Waals surface area contributed by atoms with Gasteiger partial charge in [0.15, 0.2) is 17.5 Å². The van der Waals surface area contributed by atoms with E-state index in [4.69, 9.17) is 24.7 Å². The van der Waals surface area contributed by atoms with Crippen molar-refractivity contribution in [2.75, 3.05) is 40.7 Å². The molecule has 0 saturated heterocycles. The second kappa shape index (κ2) is 5.69. The van der Waals surface area contributed by atoms with Crippen LogP contribution in [0.15, 0.2) is 17.1 Å². The Morgan fingerprint density at radius 2 is 2.24 bits per heavy atom. The van der Waals surface area contributed by atoms with Gasteiger partial charge in [0.25, 0.3) is 0 Å². The molecule has 1 unspecified atom stereocenters. The number of fused-ring (bicyclic) bond motifs is 1. The normalized spacial score (nSPS) is 19.8. The maximum atomic E-state index is 5.96. The molecule has 2 aliphatic heterocycles. The largest absolute Gasteiger partial charge is 0.493 e. The Morgan fingerprint density at radius 1 is 1.38 bits per heavy atom. The van der Waals surface area contributed by atoms with E-state index in [1.807, 2.05) is 17.0 Å². The van der Waals surface area contributed by atoms with Gasteiger partial charge in [0, 0.05) is 13.7 Å². The van der Waals surface area contributed by atoms with Gasteiger partial charge < -0.3 is 29.6 Å². The second-order valence-corrected chi connectivity index (χ2v) is 4.86. The topological polar surface area (TPSA) is 78.5 Å². The number of rotatable bonds is 5. The van der Waals surface area contributed by atoms with Crippen LogP contribution in [0, 0.1) is 0 Å². The van der Waals surface area contributed by atoms with Crippen LogP contribution in [0.1, 0.15) is 11.6 Å². The lowest BCUT2D eigenvalue weighted by atomic mass is 10.0. The van der Waals surface area contributed by atoms with Gasteiger partial charge in [0.2, 0.25) is 12.5 Å². The average molecular weight is 293 g/mol. The summed E-state index contributed by atoms with van der Waals surface area (Å²) in [6, 6.07) is 3.97. The van der Waals surface area contributed by atoms with Crippen molar-refractivity contribution in [2.45, 2.75) is 6.04 Å². The van der Waals surface area contributed by atoms with Gasteiger partial charge >= 0.3 is 0 Å². The first-order valence-corrected chi connectivity index (χ1v) is 6.77. The van der Waals surface area contributed by atoms with Crippen LogP contribution < -0.4 is 19.9 Å². The van der Waals surface area contributed by atoms with Gasteiger partial charge in [-0.15, -0.1) is 0 Å². The molecule has 1 atom stereocenters. The van der Waals surface area contributed by atoms with Crippen LogP contribution in [0.3, 0.4) is 0 Å². The van der Waals surface area contributed by atoms with Crippen molar-refractivity contribution in [1.82, 2.24) is 4.90 Å². The molecule has 3 rings (SSSR count). The molecule has 7 heteroatoms. The van der Waals surface area contributed by atoms with E-state index in [1.54, 1.807) is 14.2 Å². The van der Waals surface area contributed by atoms with Crippen LogP contribution in [-0.4, -0.2) is 51.6 Å².